The molecule has 66 valence electrons. The van der Waals surface area contributed by atoms with E-state index in [1.807, 2.05) is 0 Å². The second kappa shape index (κ2) is 6.16. The summed E-state index contributed by atoms with van der Waals surface area (Å²) < 4.78 is 0. The van der Waals surface area contributed by atoms with Gasteiger partial charge in [-0.25, -0.2) is 4.79 Å². The van der Waals surface area contributed by atoms with Gasteiger partial charge >= 0.3 is 5.97 Å². The molecule has 1 unspecified atom stereocenters. The zero-order valence-corrected chi connectivity index (χ0v) is 7.17. The molecule has 11 heavy (non-hydrogen) atoms. The molecule has 1 atom stereocenters. The Morgan fingerprint density at radius 3 is 2.64 bits per heavy atom. The van der Waals surface area contributed by atoms with Gasteiger partial charge in [-0.3, -0.25) is 0 Å². The highest BCUT2D eigenvalue weighted by Crippen LogP contribution is 2.09. The van der Waals surface area contributed by atoms with Gasteiger partial charge < -0.3 is 4.89 Å². The van der Waals surface area contributed by atoms with Crippen LogP contribution in [-0.2, 0) is 9.68 Å². The molecule has 0 radical (unpaired) electrons. The van der Waals surface area contributed by atoms with Crippen molar-refractivity contribution in [3.05, 3.63) is 0 Å². The van der Waals surface area contributed by atoms with Crippen LogP contribution in [0.5, 0.6) is 0 Å². The lowest BCUT2D eigenvalue weighted by atomic mass is 10.0. The molecule has 1 N–H and O–H groups in total. The van der Waals surface area contributed by atoms with Gasteiger partial charge in [0.05, 0.1) is 5.92 Å². The highest BCUT2D eigenvalue weighted by molar-refractivity contribution is 5.71. The van der Waals surface area contributed by atoms with Crippen LogP contribution in [0.1, 0.15) is 39.5 Å². The van der Waals surface area contributed by atoms with Gasteiger partial charge in [-0.15, -0.1) is 0 Å². The second-order valence-electron chi connectivity index (χ2n) is 2.81. The molecule has 3 nitrogen and oxygen atoms in total. The largest absolute Gasteiger partial charge is 0.344 e. The van der Waals surface area contributed by atoms with Crippen molar-refractivity contribution >= 4 is 5.97 Å². The molecule has 0 aromatic heterocycles. The third-order valence-corrected chi connectivity index (χ3v) is 1.73. The third kappa shape index (κ3) is 4.79. The van der Waals surface area contributed by atoms with E-state index in [4.69, 9.17) is 5.26 Å². The fourth-order valence-corrected chi connectivity index (χ4v) is 0.908. The molecule has 0 saturated carbocycles. The Balaban J connectivity index is 3.36. The maximum atomic E-state index is 10.6. The Hall–Kier alpha value is -0.570. The van der Waals surface area contributed by atoms with Crippen LogP contribution < -0.4 is 0 Å². The van der Waals surface area contributed by atoms with E-state index >= 15 is 0 Å². The number of rotatable bonds is 5. The molecule has 0 saturated heterocycles. The number of hydrogen-bond acceptors (Lipinski definition) is 3. The van der Waals surface area contributed by atoms with Crippen molar-refractivity contribution in [3.63, 3.8) is 0 Å². The van der Waals surface area contributed by atoms with Crippen molar-refractivity contribution in [3.8, 4) is 0 Å². The summed E-state index contributed by atoms with van der Waals surface area (Å²) in [5.41, 5.74) is 0. The monoisotopic (exact) mass is 160 g/mol. The maximum absolute atomic E-state index is 10.6. The van der Waals surface area contributed by atoms with Crippen molar-refractivity contribution in [2.24, 2.45) is 5.92 Å². The molecule has 0 aliphatic carbocycles. The van der Waals surface area contributed by atoms with Crippen LogP contribution in [0.2, 0.25) is 0 Å². The Kier molecular flexibility index (Phi) is 5.84. The van der Waals surface area contributed by atoms with Crippen LogP contribution >= 0.6 is 0 Å². The fourth-order valence-electron chi connectivity index (χ4n) is 0.908. The van der Waals surface area contributed by atoms with Crippen molar-refractivity contribution < 1.29 is 14.9 Å². The van der Waals surface area contributed by atoms with E-state index in [1.54, 1.807) is 6.92 Å². The minimum Gasteiger partial charge on any atom is -0.301 e. The standard InChI is InChI=1S/C8H16O3/c1-3-4-5-6-7(2)8(9)11-10/h7,10H,3-6H2,1-2H3. The maximum Gasteiger partial charge on any atom is 0.344 e. The summed E-state index contributed by atoms with van der Waals surface area (Å²) in [5.74, 6) is -0.701. The molecule has 0 rings (SSSR count). The summed E-state index contributed by atoms with van der Waals surface area (Å²) in [6.07, 6.45) is 4.09. The van der Waals surface area contributed by atoms with E-state index in [-0.39, 0.29) is 5.92 Å². The molecular weight excluding hydrogens is 144 g/mol. The van der Waals surface area contributed by atoms with Crippen LogP contribution in [0.15, 0.2) is 0 Å². The smallest absolute Gasteiger partial charge is 0.301 e. The lowest BCUT2D eigenvalue weighted by Gasteiger charge is -2.05. The van der Waals surface area contributed by atoms with E-state index in [0.29, 0.717) is 0 Å². The molecule has 0 spiro atoms. The van der Waals surface area contributed by atoms with E-state index in [9.17, 15) is 4.79 Å². The quantitative estimate of drug-likeness (QED) is 0.381. The second-order valence-corrected chi connectivity index (χ2v) is 2.81. The Morgan fingerprint density at radius 1 is 1.55 bits per heavy atom. The summed E-state index contributed by atoms with van der Waals surface area (Å²) in [4.78, 5) is 14.2. The van der Waals surface area contributed by atoms with Gasteiger partial charge in [0, 0.05) is 0 Å². The topological polar surface area (TPSA) is 46.5 Å². The third-order valence-electron chi connectivity index (χ3n) is 1.73. The zero-order chi connectivity index (χ0) is 8.69. The van der Waals surface area contributed by atoms with Crippen molar-refractivity contribution in [1.29, 1.82) is 0 Å². The fraction of sp³-hybridized carbons (Fsp3) is 0.875. The Bertz CT molecular complexity index is 112. The van der Waals surface area contributed by atoms with Crippen LogP contribution in [0.3, 0.4) is 0 Å². The molecule has 0 aromatic carbocycles. The van der Waals surface area contributed by atoms with Crippen LogP contribution in [-0.4, -0.2) is 11.2 Å². The number of hydrogen-bond donors (Lipinski definition) is 1. The first kappa shape index (κ1) is 10.4. The van der Waals surface area contributed by atoms with E-state index in [1.165, 1.54) is 0 Å². The highest BCUT2D eigenvalue weighted by Gasteiger charge is 2.12. The SMILES string of the molecule is CCCCCC(C)C(=O)OO. The normalized spacial score (nSPS) is 12.6. The molecule has 0 bridgehead atoms. The molecule has 0 aliphatic heterocycles. The number of carbonyl (C=O) groups excluding carboxylic acids is 1. The minimum atomic E-state index is -0.527. The van der Waals surface area contributed by atoms with E-state index < -0.39 is 5.97 Å². The lowest BCUT2D eigenvalue weighted by molar-refractivity contribution is -0.238. The van der Waals surface area contributed by atoms with Crippen molar-refractivity contribution in [2.45, 2.75) is 39.5 Å². The van der Waals surface area contributed by atoms with Crippen LogP contribution in [0.4, 0.5) is 0 Å². The van der Waals surface area contributed by atoms with Gasteiger partial charge in [-0.05, 0) is 6.42 Å². The average molecular weight is 160 g/mol. The highest BCUT2D eigenvalue weighted by atomic mass is 17.1. The van der Waals surface area contributed by atoms with Crippen LogP contribution in [0.25, 0.3) is 0 Å². The van der Waals surface area contributed by atoms with Gasteiger partial charge in [0.15, 0.2) is 0 Å². The molecule has 0 aromatic rings. The van der Waals surface area contributed by atoms with Gasteiger partial charge in [-0.1, -0.05) is 33.1 Å². The lowest BCUT2D eigenvalue weighted by Crippen LogP contribution is -2.12. The first-order chi connectivity index (χ1) is 5.22. The molecule has 0 amide bonds. The molecular formula is C8H16O3. The summed E-state index contributed by atoms with van der Waals surface area (Å²) in [6, 6.07) is 0. The number of carbonyl (C=O) groups is 1. The first-order valence-electron chi connectivity index (χ1n) is 4.07. The van der Waals surface area contributed by atoms with Gasteiger partial charge in [-0.2, -0.15) is 5.26 Å². The predicted octanol–water partition coefficient (Wildman–Crippen LogP) is 2.22. The summed E-state index contributed by atoms with van der Waals surface area (Å²) in [6.45, 7) is 3.86. The Labute approximate surface area is 67.3 Å². The average Bonchev–Trinajstić information content (AvgIpc) is 2.03. The molecule has 0 aliphatic rings. The summed E-state index contributed by atoms with van der Waals surface area (Å²) >= 11 is 0. The molecule has 3 heteroatoms. The first-order valence-corrected chi connectivity index (χ1v) is 4.07. The van der Waals surface area contributed by atoms with Gasteiger partial charge in [0.1, 0.15) is 0 Å². The van der Waals surface area contributed by atoms with Crippen molar-refractivity contribution in [1.82, 2.24) is 0 Å². The van der Waals surface area contributed by atoms with E-state index in [0.717, 1.165) is 25.7 Å². The summed E-state index contributed by atoms with van der Waals surface area (Å²) in [5, 5.41) is 8.01. The Morgan fingerprint density at radius 2 is 2.18 bits per heavy atom. The molecule has 0 heterocycles. The summed E-state index contributed by atoms with van der Waals surface area (Å²) in [7, 11) is 0. The minimum absolute atomic E-state index is 0.174. The predicted molar refractivity (Wildman–Crippen MR) is 42.0 cm³/mol. The van der Waals surface area contributed by atoms with Gasteiger partial charge in [0.2, 0.25) is 0 Å². The zero-order valence-electron chi connectivity index (χ0n) is 7.17. The van der Waals surface area contributed by atoms with Gasteiger partial charge in [0.25, 0.3) is 0 Å². The van der Waals surface area contributed by atoms with E-state index in [2.05, 4.69) is 11.8 Å². The number of unbranched alkanes of at least 4 members (excludes halogenated alkanes) is 2. The van der Waals surface area contributed by atoms with Crippen molar-refractivity contribution in [2.75, 3.05) is 0 Å². The molecule has 0 fully saturated rings. The van der Waals surface area contributed by atoms with Crippen LogP contribution in [0, 0.1) is 5.92 Å².